The Kier molecular flexibility index (Phi) is 4.71. The molecule has 120 valence electrons. The summed E-state index contributed by atoms with van der Waals surface area (Å²) in [6.45, 7) is 1.25. The minimum Gasteiger partial charge on any atom is -0.496 e. The average molecular weight is 313 g/mol. The molecule has 1 saturated heterocycles. The second-order valence-electron chi connectivity index (χ2n) is 5.38. The number of aromatic nitrogens is 2. The van der Waals surface area contributed by atoms with Gasteiger partial charge in [0.05, 0.1) is 25.4 Å². The van der Waals surface area contributed by atoms with Gasteiger partial charge in [-0.15, -0.1) is 0 Å². The van der Waals surface area contributed by atoms with E-state index in [2.05, 4.69) is 9.97 Å². The lowest BCUT2D eigenvalue weighted by Gasteiger charge is -2.32. The van der Waals surface area contributed by atoms with Crippen molar-refractivity contribution in [1.29, 1.82) is 0 Å². The highest BCUT2D eigenvalue weighted by Crippen LogP contribution is 2.22. The molecule has 0 spiro atoms. The molecule has 1 aromatic heterocycles. The monoisotopic (exact) mass is 313 g/mol. The zero-order chi connectivity index (χ0) is 16.1. The van der Waals surface area contributed by atoms with Gasteiger partial charge >= 0.3 is 0 Å². The minimum atomic E-state index is -0.0703. The molecule has 1 aliphatic heterocycles. The van der Waals surface area contributed by atoms with Crippen LogP contribution in [0.2, 0.25) is 0 Å². The van der Waals surface area contributed by atoms with E-state index >= 15 is 0 Å². The number of carbonyl (C=O) groups is 1. The van der Waals surface area contributed by atoms with Gasteiger partial charge in [-0.1, -0.05) is 12.1 Å². The van der Waals surface area contributed by atoms with Crippen molar-refractivity contribution < 1.29 is 14.3 Å². The van der Waals surface area contributed by atoms with E-state index in [1.807, 2.05) is 17.0 Å². The number of amides is 1. The second kappa shape index (κ2) is 7.09. The first-order chi connectivity index (χ1) is 11.3. The number of carbonyl (C=O) groups excluding carboxylic acids is 1. The van der Waals surface area contributed by atoms with Crippen molar-refractivity contribution in [2.24, 2.45) is 0 Å². The SMILES string of the molecule is COc1ccccc1C(=O)N1CCCC(Oc2cnccn2)C1. The molecule has 2 heterocycles. The second-order valence-corrected chi connectivity index (χ2v) is 5.38. The average Bonchev–Trinajstić information content (AvgIpc) is 2.62. The van der Waals surface area contributed by atoms with Gasteiger partial charge in [-0.25, -0.2) is 4.98 Å². The highest BCUT2D eigenvalue weighted by Gasteiger charge is 2.27. The third-order valence-corrected chi connectivity index (χ3v) is 3.83. The molecule has 1 aromatic carbocycles. The lowest BCUT2D eigenvalue weighted by molar-refractivity contribution is 0.0524. The Morgan fingerprint density at radius 2 is 2.17 bits per heavy atom. The van der Waals surface area contributed by atoms with Gasteiger partial charge in [0.1, 0.15) is 11.9 Å². The van der Waals surface area contributed by atoms with E-state index in [0.29, 0.717) is 23.7 Å². The van der Waals surface area contributed by atoms with Crippen molar-refractivity contribution in [3.8, 4) is 11.6 Å². The molecule has 0 bridgehead atoms. The van der Waals surface area contributed by atoms with Crippen LogP contribution in [-0.2, 0) is 0 Å². The Labute approximate surface area is 135 Å². The zero-order valence-electron chi connectivity index (χ0n) is 13.0. The number of hydrogen-bond acceptors (Lipinski definition) is 5. The first-order valence-electron chi connectivity index (χ1n) is 7.63. The highest BCUT2D eigenvalue weighted by molar-refractivity contribution is 5.97. The van der Waals surface area contributed by atoms with E-state index in [0.717, 1.165) is 19.4 Å². The third kappa shape index (κ3) is 3.59. The van der Waals surface area contributed by atoms with Crippen molar-refractivity contribution in [3.63, 3.8) is 0 Å². The summed E-state index contributed by atoms with van der Waals surface area (Å²) in [7, 11) is 1.57. The first kappa shape index (κ1) is 15.3. The summed E-state index contributed by atoms with van der Waals surface area (Å²) in [6.07, 6.45) is 6.50. The van der Waals surface area contributed by atoms with Gasteiger partial charge in [0.15, 0.2) is 0 Å². The maximum Gasteiger partial charge on any atom is 0.257 e. The van der Waals surface area contributed by atoms with Gasteiger partial charge in [-0.05, 0) is 25.0 Å². The topological polar surface area (TPSA) is 64.5 Å². The van der Waals surface area contributed by atoms with Gasteiger partial charge < -0.3 is 14.4 Å². The van der Waals surface area contributed by atoms with Gasteiger partial charge in [0, 0.05) is 18.9 Å². The fourth-order valence-corrected chi connectivity index (χ4v) is 2.73. The molecule has 0 N–H and O–H groups in total. The van der Waals surface area contributed by atoms with Crippen LogP contribution in [0.4, 0.5) is 0 Å². The van der Waals surface area contributed by atoms with Gasteiger partial charge in [-0.3, -0.25) is 9.78 Å². The molecule has 1 amide bonds. The molecule has 6 heteroatoms. The number of hydrogen-bond donors (Lipinski definition) is 0. The number of para-hydroxylation sites is 1. The Hall–Kier alpha value is -2.63. The molecule has 1 atom stereocenters. The van der Waals surface area contributed by atoms with E-state index in [1.165, 1.54) is 0 Å². The number of ether oxygens (including phenoxy) is 2. The van der Waals surface area contributed by atoms with Crippen LogP contribution in [0.15, 0.2) is 42.9 Å². The fourth-order valence-electron chi connectivity index (χ4n) is 2.73. The van der Waals surface area contributed by atoms with Crippen LogP contribution in [0.3, 0.4) is 0 Å². The number of methoxy groups -OCH3 is 1. The van der Waals surface area contributed by atoms with Crippen LogP contribution < -0.4 is 9.47 Å². The lowest BCUT2D eigenvalue weighted by Crippen LogP contribution is -2.44. The quantitative estimate of drug-likeness (QED) is 0.865. The molecule has 1 unspecified atom stereocenters. The molecule has 0 aliphatic carbocycles. The fraction of sp³-hybridized carbons (Fsp3) is 0.353. The Bertz CT molecular complexity index is 663. The van der Waals surface area contributed by atoms with Crippen molar-refractivity contribution in [2.45, 2.75) is 18.9 Å². The zero-order valence-corrected chi connectivity index (χ0v) is 13.0. The summed E-state index contributed by atoms with van der Waals surface area (Å²) in [6, 6.07) is 7.28. The molecular formula is C17H19N3O3. The maximum atomic E-state index is 12.7. The van der Waals surface area contributed by atoms with Gasteiger partial charge in [0.25, 0.3) is 5.91 Å². The van der Waals surface area contributed by atoms with E-state index in [-0.39, 0.29) is 12.0 Å². The molecule has 23 heavy (non-hydrogen) atoms. The maximum absolute atomic E-state index is 12.7. The van der Waals surface area contributed by atoms with E-state index in [4.69, 9.17) is 9.47 Å². The molecule has 3 rings (SSSR count). The van der Waals surface area contributed by atoms with Crippen molar-refractivity contribution in [3.05, 3.63) is 48.4 Å². The van der Waals surface area contributed by atoms with Crippen LogP contribution in [0.1, 0.15) is 23.2 Å². The molecule has 6 nitrogen and oxygen atoms in total. The Morgan fingerprint density at radius 3 is 2.96 bits per heavy atom. The van der Waals surface area contributed by atoms with Gasteiger partial charge in [-0.2, -0.15) is 0 Å². The largest absolute Gasteiger partial charge is 0.496 e. The van der Waals surface area contributed by atoms with Crippen LogP contribution in [-0.4, -0.2) is 47.1 Å². The number of benzene rings is 1. The smallest absolute Gasteiger partial charge is 0.257 e. The molecule has 0 radical (unpaired) electrons. The van der Waals surface area contributed by atoms with Crippen molar-refractivity contribution in [1.82, 2.24) is 14.9 Å². The van der Waals surface area contributed by atoms with Crippen LogP contribution >= 0.6 is 0 Å². The number of likely N-dealkylation sites (tertiary alicyclic amines) is 1. The summed E-state index contributed by atoms with van der Waals surface area (Å²) < 4.78 is 11.1. The van der Waals surface area contributed by atoms with Crippen LogP contribution in [0, 0.1) is 0 Å². The van der Waals surface area contributed by atoms with Crippen molar-refractivity contribution in [2.75, 3.05) is 20.2 Å². The normalized spacial score (nSPS) is 17.6. The van der Waals surface area contributed by atoms with E-state index in [1.54, 1.807) is 37.8 Å². The summed E-state index contributed by atoms with van der Waals surface area (Å²) in [4.78, 5) is 22.7. The molecule has 2 aromatic rings. The predicted octanol–water partition coefficient (Wildman–Crippen LogP) is 2.17. The standard InChI is InChI=1S/C17H19N3O3/c1-22-15-7-3-2-6-14(15)17(21)20-10-4-5-13(12-20)23-16-11-18-8-9-19-16/h2-3,6-9,11,13H,4-5,10,12H2,1H3. The highest BCUT2D eigenvalue weighted by atomic mass is 16.5. The first-order valence-corrected chi connectivity index (χ1v) is 7.63. The summed E-state index contributed by atoms with van der Waals surface area (Å²) in [5, 5.41) is 0. The van der Waals surface area contributed by atoms with E-state index < -0.39 is 0 Å². The number of rotatable bonds is 4. The van der Waals surface area contributed by atoms with Gasteiger partial charge in [0.2, 0.25) is 5.88 Å². The Balaban J connectivity index is 1.69. The van der Waals surface area contributed by atoms with Crippen LogP contribution in [0.5, 0.6) is 11.6 Å². The molecule has 1 aliphatic rings. The molecule has 1 fully saturated rings. The summed E-state index contributed by atoms with van der Waals surface area (Å²) >= 11 is 0. The number of nitrogens with zero attached hydrogens (tertiary/aromatic N) is 3. The third-order valence-electron chi connectivity index (χ3n) is 3.83. The Morgan fingerprint density at radius 1 is 1.30 bits per heavy atom. The predicted molar refractivity (Wildman–Crippen MR) is 84.6 cm³/mol. The van der Waals surface area contributed by atoms with Crippen molar-refractivity contribution >= 4 is 5.91 Å². The summed E-state index contributed by atoms with van der Waals surface area (Å²) in [5.74, 6) is 1.05. The molecular weight excluding hydrogens is 294 g/mol. The number of piperidine rings is 1. The molecule has 0 saturated carbocycles. The summed E-state index contributed by atoms with van der Waals surface area (Å²) in [5.41, 5.74) is 0.579. The minimum absolute atomic E-state index is 0.0325. The van der Waals surface area contributed by atoms with E-state index in [9.17, 15) is 4.79 Å². The lowest BCUT2D eigenvalue weighted by atomic mass is 10.1. The van der Waals surface area contributed by atoms with Crippen LogP contribution in [0.25, 0.3) is 0 Å².